The van der Waals surface area contributed by atoms with E-state index in [9.17, 15) is 9.90 Å². The van der Waals surface area contributed by atoms with Gasteiger partial charge < -0.3 is 10.0 Å². The Labute approximate surface area is 131 Å². The zero-order valence-corrected chi connectivity index (χ0v) is 13.4. The topological polar surface area (TPSA) is 58.4 Å². The molecule has 1 atom stereocenters. The first kappa shape index (κ1) is 16.2. The first-order valence-corrected chi connectivity index (χ1v) is 7.45. The van der Waals surface area contributed by atoms with Crippen LogP contribution in [-0.2, 0) is 13.6 Å². The maximum absolute atomic E-state index is 12.7. The summed E-state index contributed by atoms with van der Waals surface area (Å²) in [5.41, 5.74) is 0.657. The number of amides is 1. The lowest BCUT2D eigenvalue weighted by atomic mass is 10.0. The molecule has 1 N–H and O–H groups in total. The minimum Gasteiger partial charge on any atom is -0.388 e. The molecule has 1 heterocycles. The van der Waals surface area contributed by atoms with Crippen LogP contribution in [0.1, 0.15) is 36.2 Å². The Morgan fingerprint density at radius 1 is 1.36 bits per heavy atom. The summed E-state index contributed by atoms with van der Waals surface area (Å²) >= 11 is 0. The van der Waals surface area contributed by atoms with Gasteiger partial charge in [0.2, 0.25) is 0 Å². The zero-order chi connectivity index (χ0) is 16.2. The van der Waals surface area contributed by atoms with E-state index in [2.05, 4.69) is 5.10 Å². The number of aliphatic hydroxyl groups is 1. The average Bonchev–Trinajstić information content (AvgIpc) is 2.93. The summed E-state index contributed by atoms with van der Waals surface area (Å²) in [5, 5.41) is 14.4. The number of hydrogen-bond donors (Lipinski definition) is 1. The van der Waals surface area contributed by atoms with E-state index in [0.29, 0.717) is 18.5 Å². The Morgan fingerprint density at radius 3 is 2.59 bits per heavy atom. The molecule has 1 unspecified atom stereocenters. The van der Waals surface area contributed by atoms with Crippen molar-refractivity contribution in [3.63, 3.8) is 0 Å². The van der Waals surface area contributed by atoms with Gasteiger partial charge in [0.15, 0.2) is 0 Å². The Kier molecular flexibility index (Phi) is 4.98. The molecular formula is C17H23N3O2. The lowest BCUT2D eigenvalue weighted by Gasteiger charge is -2.31. The number of hydrogen-bond acceptors (Lipinski definition) is 3. The van der Waals surface area contributed by atoms with Crippen LogP contribution in [0.25, 0.3) is 0 Å². The van der Waals surface area contributed by atoms with Crippen molar-refractivity contribution >= 4 is 5.91 Å². The summed E-state index contributed by atoms with van der Waals surface area (Å²) in [5.74, 6) is -0.120. The van der Waals surface area contributed by atoms with Gasteiger partial charge in [-0.05, 0) is 18.9 Å². The highest BCUT2D eigenvalue weighted by Crippen LogP contribution is 2.16. The van der Waals surface area contributed by atoms with Crippen molar-refractivity contribution in [2.75, 3.05) is 6.54 Å². The van der Waals surface area contributed by atoms with Crippen LogP contribution in [0, 0.1) is 0 Å². The van der Waals surface area contributed by atoms with Crippen molar-refractivity contribution in [3.8, 4) is 0 Å². The summed E-state index contributed by atoms with van der Waals surface area (Å²) < 4.78 is 1.60. The van der Waals surface area contributed by atoms with Crippen molar-refractivity contribution < 1.29 is 9.90 Å². The van der Waals surface area contributed by atoms with Crippen LogP contribution in [0.3, 0.4) is 0 Å². The molecule has 0 aliphatic heterocycles. The number of aryl methyl sites for hydroxylation is 1. The lowest BCUT2D eigenvalue weighted by molar-refractivity contribution is 0.0135. The number of carbonyl (C=O) groups excluding carboxylic acids is 1. The smallest absolute Gasteiger partial charge is 0.257 e. The normalized spacial score (nSPS) is 13.6. The van der Waals surface area contributed by atoms with E-state index >= 15 is 0 Å². The second-order valence-corrected chi connectivity index (χ2v) is 5.90. The Hall–Kier alpha value is -2.14. The predicted molar refractivity (Wildman–Crippen MR) is 85.3 cm³/mol. The Balaban J connectivity index is 2.22. The standard InChI is InChI=1S/C17H23N3O2/c1-4-17(2,22)13-20(11-14-8-6-5-7-9-14)16(21)15-10-18-19(3)12-15/h5-10,12,22H,4,11,13H2,1-3H3. The van der Waals surface area contributed by atoms with Gasteiger partial charge in [0, 0.05) is 26.3 Å². The molecule has 5 nitrogen and oxygen atoms in total. The summed E-state index contributed by atoms with van der Waals surface area (Å²) in [6.45, 7) is 4.41. The summed E-state index contributed by atoms with van der Waals surface area (Å²) in [6.07, 6.45) is 3.83. The van der Waals surface area contributed by atoms with Crippen LogP contribution < -0.4 is 0 Å². The molecule has 118 valence electrons. The van der Waals surface area contributed by atoms with Crippen LogP contribution in [-0.4, -0.2) is 37.8 Å². The number of aromatic nitrogens is 2. The molecule has 2 rings (SSSR count). The van der Waals surface area contributed by atoms with Crippen molar-refractivity contribution in [1.29, 1.82) is 0 Å². The maximum Gasteiger partial charge on any atom is 0.257 e. The van der Waals surface area contributed by atoms with E-state index in [1.165, 1.54) is 0 Å². The Bertz CT molecular complexity index is 620. The third kappa shape index (κ3) is 4.18. The van der Waals surface area contributed by atoms with Crippen LogP contribution in [0.15, 0.2) is 42.7 Å². The molecule has 0 bridgehead atoms. The quantitative estimate of drug-likeness (QED) is 0.890. The number of benzene rings is 1. The fourth-order valence-electron chi connectivity index (χ4n) is 2.24. The predicted octanol–water partition coefficient (Wildman–Crippen LogP) is 2.22. The first-order valence-electron chi connectivity index (χ1n) is 7.45. The number of carbonyl (C=O) groups is 1. The van der Waals surface area contributed by atoms with Gasteiger partial charge in [-0.15, -0.1) is 0 Å². The molecule has 1 aromatic heterocycles. The lowest BCUT2D eigenvalue weighted by Crippen LogP contribution is -2.43. The van der Waals surface area contributed by atoms with Crippen LogP contribution in [0.4, 0.5) is 0 Å². The highest BCUT2D eigenvalue weighted by molar-refractivity contribution is 5.93. The van der Waals surface area contributed by atoms with E-state index in [1.54, 1.807) is 35.9 Å². The van der Waals surface area contributed by atoms with Gasteiger partial charge in [0.05, 0.1) is 17.4 Å². The molecule has 0 fully saturated rings. The molecule has 22 heavy (non-hydrogen) atoms. The minimum atomic E-state index is -0.910. The Morgan fingerprint density at radius 2 is 2.05 bits per heavy atom. The van der Waals surface area contributed by atoms with E-state index in [4.69, 9.17) is 0 Å². The molecule has 0 saturated heterocycles. The second kappa shape index (κ2) is 6.75. The van der Waals surface area contributed by atoms with E-state index < -0.39 is 5.60 Å². The van der Waals surface area contributed by atoms with E-state index in [0.717, 1.165) is 5.56 Å². The molecule has 1 aromatic carbocycles. The second-order valence-electron chi connectivity index (χ2n) is 5.90. The number of nitrogens with zero attached hydrogens (tertiary/aromatic N) is 3. The maximum atomic E-state index is 12.7. The minimum absolute atomic E-state index is 0.120. The van der Waals surface area contributed by atoms with Crippen molar-refractivity contribution in [2.24, 2.45) is 7.05 Å². The molecule has 1 amide bonds. The van der Waals surface area contributed by atoms with Crippen molar-refractivity contribution in [1.82, 2.24) is 14.7 Å². The SMILES string of the molecule is CCC(C)(O)CN(Cc1ccccc1)C(=O)c1cnn(C)c1. The fraction of sp³-hybridized carbons (Fsp3) is 0.412. The van der Waals surface area contributed by atoms with E-state index in [1.807, 2.05) is 37.3 Å². The first-order chi connectivity index (χ1) is 10.4. The molecule has 0 aliphatic carbocycles. The van der Waals surface area contributed by atoms with Gasteiger partial charge in [-0.3, -0.25) is 9.48 Å². The monoisotopic (exact) mass is 301 g/mol. The molecular weight excluding hydrogens is 278 g/mol. The van der Waals surface area contributed by atoms with Crippen LogP contribution in [0.2, 0.25) is 0 Å². The number of rotatable bonds is 6. The largest absolute Gasteiger partial charge is 0.388 e. The summed E-state index contributed by atoms with van der Waals surface area (Å²) in [7, 11) is 1.78. The molecule has 5 heteroatoms. The van der Waals surface area contributed by atoms with Gasteiger partial charge in [-0.2, -0.15) is 5.10 Å². The highest BCUT2D eigenvalue weighted by atomic mass is 16.3. The molecule has 2 aromatic rings. The van der Waals surface area contributed by atoms with Crippen LogP contribution in [0.5, 0.6) is 0 Å². The third-order valence-electron chi connectivity index (χ3n) is 3.75. The molecule has 0 aliphatic rings. The van der Waals surface area contributed by atoms with Gasteiger partial charge in [-0.25, -0.2) is 0 Å². The zero-order valence-electron chi connectivity index (χ0n) is 13.4. The molecule has 0 radical (unpaired) electrons. The highest BCUT2D eigenvalue weighted by Gasteiger charge is 2.26. The third-order valence-corrected chi connectivity index (χ3v) is 3.75. The van der Waals surface area contributed by atoms with Gasteiger partial charge in [0.25, 0.3) is 5.91 Å². The fourth-order valence-corrected chi connectivity index (χ4v) is 2.24. The van der Waals surface area contributed by atoms with Gasteiger partial charge >= 0.3 is 0 Å². The van der Waals surface area contributed by atoms with Crippen molar-refractivity contribution in [2.45, 2.75) is 32.4 Å². The summed E-state index contributed by atoms with van der Waals surface area (Å²) in [6, 6.07) is 9.79. The van der Waals surface area contributed by atoms with Crippen LogP contribution >= 0.6 is 0 Å². The van der Waals surface area contributed by atoms with Gasteiger partial charge in [0.1, 0.15) is 0 Å². The van der Waals surface area contributed by atoms with Crippen molar-refractivity contribution in [3.05, 3.63) is 53.9 Å². The molecule has 0 saturated carbocycles. The molecule has 0 spiro atoms. The summed E-state index contributed by atoms with van der Waals surface area (Å²) in [4.78, 5) is 14.4. The average molecular weight is 301 g/mol. The van der Waals surface area contributed by atoms with E-state index in [-0.39, 0.29) is 12.5 Å². The van der Waals surface area contributed by atoms with Gasteiger partial charge in [-0.1, -0.05) is 37.3 Å².